The van der Waals surface area contributed by atoms with E-state index in [0.29, 0.717) is 19.6 Å². The second-order valence-electron chi connectivity index (χ2n) is 6.05. The largest absolute Gasteiger partial charge is 0.481 e. The predicted octanol–water partition coefficient (Wildman–Crippen LogP) is 2.78. The molecule has 116 valence electrons. The minimum absolute atomic E-state index is 0.00348. The van der Waals surface area contributed by atoms with Crippen LogP contribution in [0.1, 0.15) is 31.6 Å². The predicted molar refractivity (Wildman–Crippen MR) is 82.3 cm³/mol. The van der Waals surface area contributed by atoms with Crippen LogP contribution >= 0.6 is 11.3 Å². The Hall–Kier alpha value is -1.56. The molecule has 1 aliphatic rings. The maximum absolute atomic E-state index is 12.2. The smallest absolute Gasteiger partial charge is 0.317 e. The summed E-state index contributed by atoms with van der Waals surface area (Å²) in [4.78, 5) is 26.4. The van der Waals surface area contributed by atoms with Crippen molar-refractivity contribution in [1.82, 2.24) is 10.2 Å². The highest BCUT2D eigenvalue weighted by molar-refractivity contribution is 7.09. The summed E-state index contributed by atoms with van der Waals surface area (Å²) in [5, 5.41) is 14.2. The minimum atomic E-state index is -0.799. The molecule has 0 aromatic carbocycles. The molecule has 5 nitrogen and oxygen atoms in total. The Bertz CT molecular complexity index is 499. The van der Waals surface area contributed by atoms with Crippen LogP contribution in [0.15, 0.2) is 17.5 Å². The first-order valence-corrected chi connectivity index (χ1v) is 8.08. The molecule has 2 heterocycles. The summed E-state index contributed by atoms with van der Waals surface area (Å²) < 4.78 is 0. The van der Waals surface area contributed by atoms with Gasteiger partial charge in [-0.1, -0.05) is 6.07 Å². The molecule has 2 rings (SSSR count). The van der Waals surface area contributed by atoms with Crippen LogP contribution in [0.25, 0.3) is 0 Å². The number of hydrogen-bond acceptors (Lipinski definition) is 3. The normalized spacial score (nSPS) is 19.3. The molecule has 1 atom stereocenters. The molecule has 2 amide bonds. The van der Waals surface area contributed by atoms with E-state index in [1.54, 1.807) is 30.1 Å². The van der Waals surface area contributed by atoms with Crippen molar-refractivity contribution in [2.45, 2.75) is 33.2 Å². The number of urea groups is 1. The zero-order chi connectivity index (χ0) is 15.5. The first kappa shape index (κ1) is 15.8. The van der Waals surface area contributed by atoms with E-state index in [9.17, 15) is 14.7 Å². The lowest BCUT2D eigenvalue weighted by atomic mass is 9.74. The number of amides is 2. The summed E-state index contributed by atoms with van der Waals surface area (Å²) >= 11 is 1.61. The van der Waals surface area contributed by atoms with Gasteiger partial charge in [-0.25, -0.2) is 4.79 Å². The third-order valence-corrected chi connectivity index (χ3v) is 5.15. The van der Waals surface area contributed by atoms with Gasteiger partial charge in [-0.15, -0.1) is 11.3 Å². The van der Waals surface area contributed by atoms with E-state index in [1.807, 2.05) is 17.5 Å². The molecule has 0 bridgehead atoms. The summed E-state index contributed by atoms with van der Waals surface area (Å²) in [5.41, 5.74) is -0.799. The zero-order valence-corrected chi connectivity index (χ0v) is 13.3. The van der Waals surface area contributed by atoms with Crippen LogP contribution in [-0.2, 0) is 11.3 Å². The number of carbonyl (C=O) groups is 2. The Labute approximate surface area is 129 Å². The lowest BCUT2D eigenvalue weighted by molar-refractivity contribution is -0.151. The van der Waals surface area contributed by atoms with E-state index in [2.05, 4.69) is 5.32 Å². The lowest BCUT2D eigenvalue weighted by Crippen LogP contribution is -2.49. The fourth-order valence-electron chi connectivity index (χ4n) is 2.61. The van der Waals surface area contributed by atoms with E-state index in [1.165, 1.54) is 0 Å². The van der Waals surface area contributed by atoms with Crippen molar-refractivity contribution in [2.24, 2.45) is 11.3 Å². The molecule has 1 aromatic rings. The molecular weight excluding hydrogens is 288 g/mol. The van der Waals surface area contributed by atoms with E-state index in [4.69, 9.17) is 0 Å². The van der Waals surface area contributed by atoms with Crippen LogP contribution in [0.4, 0.5) is 4.79 Å². The van der Waals surface area contributed by atoms with Crippen molar-refractivity contribution in [3.63, 3.8) is 0 Å². The summed E-state index contributed by atoms with van der Waals surface area (Å²) in [6.45, 7) is 5.22. The number of aliphatic carboxylic acids is 1. The number of carboxylic acid groups (broad SMARTS) is 1. The van der Waals surface area contributed by atoms with E-state index < -0.39 is 11.4 Å². The van der Waals surface area contributed by atoms with Gasteiger partial charge in [0, 0.05) is 18.0 Å². The van der Waals surface area contributed by atoms with E-state index >= 15 is 0 Å². The maximum Gasteiger partial charge on any atom is 0.317 e. The fourth-order valence-corrected chi connectivity index (χ4v) is 3.26. The SMILES string of the molecule is CC(C)(C(=O)O)C1CCCN(C(=O)NCc2cccs2)C1. The monoisotopic (exact) mass is 310 g/mol. The average Bonchev–Trinajstić information content (AvgIpc) is 2.98. The van der Waals surface area contributed by atoms with Crippen LogP contribution in [-0.4, -0.2) is 35.1 Å². The Morgan fingerprint density at radius 2 is 2.29 bits per heavy atom. The topological polar surface area (TPSA) is 69.6 Å². The van der Waals surface area contributed by atoms with Gasteiger partial charge in [0.2, 0.25) is 0 Å². The molecule has 21 heavy (non-hydrogen) atoms. The highest BCUT2D eigenvalue weighted by atomic mass is 32.1. The van der Waals surface area contributed by atoms with Gasteiger partial charge in [0.05, 0.1) is 12.0 Å². The summed E-state index contributed by atoms with van der Waals surface area (Å²) in [6.07, 6.45) is 1.71. The van der Waals surface area contributed by atoms with Crippen molar-refractivity contribution in [2.75, 3.05) is 13.1 Å². The number of piperidine rings is 1. The quantitative estimate of drug-likeness (QED) is 0.898. The van der Waals surface area contributed by atoms with Crippen LogP contribution in [0.5, 0.6) is 0 Å². The number of nitrogens with one attached hydrogen (secondary N) is 1. The summed E-state index contributed by atoms with van der Waals surface area (Å²) in [6, 6.07) is 3.84. The van der Waals surface area contributed by atoms with Gasteiger partial charge in [0.15, 0.2) is 0 Å². The van der Waals surface area contributed by atoms with Gasteiger partial charge < -0.3 is 15.3 Å². The molecule has 0 saturated carbocycles. The van der Waals surface area contributed by atoms with Gasteiger partial charge >= 0.3 is 12.0 Å². The number of carboxylic acids is 1. The third kappa shape index (κ3) is 3.75. The second-order valence-corrected chi connectivity index (χ2v) is 7.08. The molecule has 1 aliphatic heterocycles. The van der Waals surface area contributed by atoms with E-state index in [0.717, 1.165) is 17.7 Å². The number of rotatable bonds is 4. The van der Waals surface area contributed by atoms with Crippen LogP contribution in [0, 0.1) is 11.3 Å². The number of hydrogen-bond donors (Lipinski definition) is 2. The fraction of sp³-hybridized carbons (Fsp3) is 0.600. The van der Waals surface area contributed by atoms with Crippen LogP contribution < -0.4 is 5.32 Å². The minimum Gasteiger partial charge on any atom is -0.481 e. The van der Waals surface area contributed by atoms with Gasteiger partial charge in [-0.3, -0.25) is 4.79 Å². The first-order chi connectivity index (χ1) is 9.91. The molecule has 1 unspecified atom stereocenters. The van der Waals surface area contributed by atoms with Gasteiger partial charge in [-0.2, -0.15) is 0 Å². The molecule has 1 aromatic heterocycles. The summed E-state index contributed by atoms with van der Waals surface area (Å²) in [7, 11) is 0. The average molecular weight is 310 g/mol. The number of carbonyl (C=O) groups excluding carboxylic acids is 1. The Kier molecular flexibility index (Phi) is 4.88. The molecule has 0 radical (unpaired) electrons. The molecule has 1 fully saturated rings. The van der Waals surface area contributed by atoms with Crippen LogP contribution in [0.2, 0.25) is 0 Å². The van der Waals surface area contributed by atoms with Crippen LogP contribution in [0.3, 0.4) is 0 Å². The van der Waals surface area contributed by atoms with Gasteiger partial charge in [0.25, 0.3) is 0 Å². The molecule has 0 aliphatic carbocycles. The van der Waals surface area contributed by atoms with Crippen molar-refractivity contribution in [3.05, 3.63) is 22.4 Å². The van der Waals surface area contributed by atoms with Crippen molar-refractivity contribution < 1.29 is 14.7 Å². The second kappa shape index (κ2) is 6.47. The lowest BCUT2D eigenvalue weighted by Gasteiger charge is -2.39. The highest BCUT2D eigenvalue weighted by Gasteiger charge is 2.39. The summed E-state index contributed by atoms with van der Waals surface area (Å²) in [5.74, 6) is -0.801. The Balaban J connectivity index is 1.91. The van der Waals surface area contributed by atoms with E-state index in [-0.39, 0.29) is 11.9 Å². The molecule has 6 heteroatoms. The number of thiophene rings is 1. The van der Waals surface area contributed by atoms with Crippen molar-refractivity contribution in [3.8, 4) is 0 Å². The molecule has 1 saturated heterocycles. The molecule has 0 spiro atoms. The maximum atomic E-state index is 12.2. The van der Waals surface area contributed by atoms with Gasteiger partial charge in [-0.05, 0) is 44.1 Å². The third-order valence-electron chi connectivity index (χ3n) is 4.27. The Morgan fingerprint density at radius 3 is 2.90 bits per heavy atom. The number of nitrogens with zero attached hydrogens (tertiary/aromatic N) is 1. The van der Waals surface area contributed by atoms with Gasteiger partial charge in [0.1, 0.15) is 0 Å². The number of likely N-dealkylation sites (tertiary alicyclic amines) is 1. The Morgan fingerprint density at radius 1 is 1.52 bits per heavy atom. The molecular formula is C15H22N2O3S. The standard InChI is InChI=1S/C15H22N2O3S/c1-15(2,13(18)19)11-5-3-7-17(10-11)14(20)16-9-12-6-4-8-21-12/h4,6,8,11H,3,5,7,9-10H2,1-2H3,(H,16,20)(H,18,19). The first-order valence-electron chi connectivity index (χ1n) is 7.20. The van der Waals surface area contributed by atoms with Crippen molar-refractivity contribution in [1.29, 1.82) is 0 Å². The molecule has 2 N–H and O–H groups in total. The zero-order valence-electron chi connectivity index (χ0n) is 12.5. The highest BCUT2D eigenvalue weighted by Crippen LogP contribution is 2.34. The van der Waals surface area contributed by atoms with Crippen molar-refractivity contribution >= 4 is 23.3 Å².